The second-order valence-electron chi connectivity index (χ2n) is 2.19. The summed E-state index contributed by atoms with van der Waals surface area (Å²) >= 11 is 0. The second-order valence-corrected chi connectivity index (χ2v) is 2.19. The van der Waals surface area contributed by atoms with E-state index in [0.29, 0.717) is 0 Å². The Kier molecular flexibility index (Phi) is 1.21. The molecule has 1 nitrogen and oxygen atoms in total. The number of para-hydroxylation sites is 1. The summed E-state index contributed by atoms with van der Waals surface area (Å²) in [6, 6.07) is 8.13. The van der Waals surface area contributed by atoms with Crippen LogP contribution in [0.25, 0.3) is 6.08 Å². The van der Waals surface area contributed by atoms with E-state index in [1.165, 1.54) is 5.56 Å². The summed E-state index contributed by atoms with van der Waals surface area (Å²) in [6.45, 7) is 2.91. The molecule has 0 fully saturated rings. The number of fused-ring (bicyclic) bond motifs is 1. The van der Waals surface area contributed by atoms with Crippen molar-refractivity contribution in [1.82, 2.24) is 0 Å². The molecule has 0 aliphatic carbocycles. The lowest BCUT2D eigenvalue weighted by atomic mass is 10.1. The molecule has 10 heavy (non-hydrogen) atoms. The van der Waals surface area contributed by atoms with Gasteiger partial charge in [-0.1, -0.05) is 30.4 Å². The van der Waals surface area contributed by atoms with E-state index in [2.05, 4.69) is 17.9 Å². The Labute approximate surface area is 60.4 Å². The molecule has 1 heterocycles. The lowest BCUT2D eigenvalue weighted by Gasteiger charge is -2.09. The van der Waals surface area contributed by atoms with Crippen LogP contribution in [-0.2, 0) is 0 Å². The van der Waals surface area contributed by atoms with Gasteiger partial charge in [-0.2, -0.15) is 0 Å². The first-order valence-corrected chi connectivity index (χ1v) is 3.24. The molecule has 0 bridgehead atoms. The third-order valence-corrected chi connectivity index (χ3v) is 1.51. The van der Waals surface area contributed by atoms with E-state index in [1.54, 1.807) is 0 Å². The molecule has 1 aliphatic rings. The predicted octanol–water partition coefficient (Wildman–Crippen LogP) is 2.16. The van der Waals surface area contributed by atoms with E-state index < -0.39 is 0 Å². The van der Waals surface area contributed by atoms with Gasteiger partial charge in [0, 0.05) is 5.69 Å². The summed E-state index contributed by atoms with van der Waals surface area (Å²) in [5.41, 5.74) is 2.35. The minimum absolute atomic E-state index is 1.13. The molecule has 2 rings (SSSR count). The summed E-state index contributed by atoms with van der Waals surface area (Å²) in [5, 5.41) is 3.03. The predicted molar refractivity (Wildman–Crippen MR) is 42.3 cm³/mol. The molecule has 0 atom stereocenters. The van der Waals surface area contributed by atoms with Crippen molar-refractivity contribution in [2.24, 2.45) is 0 Å². The van der Waals surface area contributed by atoms with Crippen LogP contribution in [0.2, 0.25) is 0 Å². The summed E-state index contributed by atoms with van der Waals surface area (Å²) in [4.78, 5) is 0. The van der Waals surface area contributed by atoms with Gasteiger partial charge in [-0.3, -0.25) is 0 Å². The SMILES string of the molecule is [C]1C=Cc2ccccc2N1. The highest BCUT2D eigenvalue weighted by Crippen LogP contribution is 2.20. The van der Waals surface area contributed by atoms with E-state index >= 15 is 0 Å². The summed E-state index contributed by atoms with van der Waals surface area (Å²) in [5.74, 6) is 0. The van der Waals surface area contributed by atoms with Gasteiger partial charge in [0.2, 0.25) is 0 Å². The second kappa shape index (κ2) is 2.18. The molecule has 1 N–H and O–H groups in total. The topological polar surface area (TPSA) is 12.0 Å². The number of benzene rings is 1. The Morgan fingerprint density at radius 1 is 1.20 bits per heavy atom. The Hall–Kier alpha value is -1.24. The summed E-state index contributed by atoms with van der Waals surface area (Å²) in [7, 11) is 0. The third kappa shape index (κ3) is 0.798. The van der Waals surface area contributed by atoms with Crippen molar-refractivity contribution in [3.8, 4) is 0 Å². The maximum atomic E-state index is 3.03. The lowest BCUT2D eigenvalue weighted by Crippen LogP contribution is -1.97. The monoisotopic (exact) mass is 129 g/mol. The summed E-state index contributed by atoms with van der Waals surface area (Å²) in [6.07, 6.45) is 3.91. The Balaban J connectivity index is 2.54. The number of hydrogen-bond acceptors (Lipinski definition) is 1. The van der Waals surface area contributed by atoms with E-state index in [-0.39, 0.29) is 0 Å². The van der Waals surface area contributed by atoms with Crippen molar-refractivity contribution in [1.29, 1.82) is 0 Å². The zero-order chi connectivity index (χ0) is 6.81. The number of anilines is 1. The van der Waals surface area contributed by atoms with Crippen LogP contribution in [0.15, 0.2) is 30.3 Å². The average Bonchev–Trinajstić information content (AvgIpc) is 2.05. The zero-order valence-electron chi connectivity index (χ0n) is 5.46. The molecule has 48 valence electrons. The molecule has 1 aliphatic heterocycles. The quantitative estimate of drug-likeness (QED) is 0.566. The average molecular weight is 129 g/mol. The number of hydrogen-bond donors (Lipinski definition) is 1. The molecule has 0 saturated carbocycles. The maximum absolute atomic E-state index is 3.03. The highest BCUT2D eigenvalue weighted by molar-refractivity contribution is 5.71. The fourth-order valence-corrected chi connectivity index (χ4v) is 1.01. The molecule has 2 radical (unpaired) electrons. The lowest BCUT2D eigenvalue weighted by molar-refractivity contribution is 1.45. The van der Waals surface area contributed by atoms with E-state index in [4.69, 9.17) is 0 Å². The minimum Gasteiger partial charge on any atom is -0.371 e. The molecule has 0 saturated heterocycles. The fourth-order valence-electron chi connectivity index (χ4n) is 1.01. The van der Waals surface area contributed by atoms with Crippen LogP contribution >= 0.6 is 0 Å². The molecule has 0 amide bonds. The van der Waals surface area contributed by atoms with Gasteiger partial charge < -0.3 is 5.32 Å². The standard InChI is InChI=1S/C9H7N/c1-2-6-9-8(4-1)5-3-7-10-9/h1-6,10H. The molecular weight excluding hydrogens is 122 g/mol. The van der Waals surface area contributed by atoms with Gasteiger partial charge in [-0.15, -0.1) is 0 Å². The van der Waals surface area contributed by atoms with Crippen LogP contribution < -0.4 is 5.32 Å². The van der Waals surface area contributed by atoms with Gasteiger partial charge in [-0.05, 0) is 11.6 Å². The van der Waals surface area contributed by atoms with Gasteiger partial charge in [0.25, 0.3) is 0 Å². The van der Waals surface area contributed by atoms with Crippen LogP contribution in [0, 0.1) is 6.54 Å². The smallest absolute Gasteiger partial charge is 0.115 e. The minimum atomic E-state index is 1.13. The normalized spacial score (nSPS) is 14.0. The van der Waals surface area contributed by atoms with E-state index in [0.717, 1.165) is 5.69 Å². The van der Waals surface area contributed by atoms with Gasteiger partial charge in [0.15, 0.2) is 0 Å². The molecule has 1 aromatic rings. The zero-order valence-corrected chi connectivity index (χ0v) is 5.46. The molecule has 0 aromatic heterocycles. The van der Waals surface area contributed by atoms with Gasteiger partial charge in [0.1, 0.15) is 6.54 Å². The van der Waals surface area contributed by atoms with Crippen LogP contribution in [0.1, 0.15) is 5.56 Å². The van der Waals surface area contributed by atoms with E-state index in [1.807, 2.05) is 30.4 Å². The number of rotatable bonds is 0. The van der Waals surface area contributed by atoms with Crippen molar-refractivity contribution >= 4 is 11.8 Å². The van der Waals surface area contributed by atoms with Gasteiger partial charge in [-0.25, -0.2) is 0 Å². The number of nitrogens with one attached hydrogen (secondary N) is 1. The molecule has 1 heteroatoms. The van der Waals surface area contributed by atoms with Crippen LogP contribution in [0.4, 0.5) is 5.69 Å². The highest BCUT2D eigenvalue weighted by atomic mass is 14.9. The van der Waals surface area contributed by atoms with Crippen LogP contribution in [0.5, 0.6) is 0 Å². The summed E-state index contributed by atoms with van der Waals surface area (Å²) < 4.78 is 0. The Bertz CT molecular complexity index is 263. The van der Waals surface area contributed by atoms with Crippen molar-refractivity contribution < 1.29 is 0 Å². The molecular formula is C9H7N. The Morgan fingerprint density at radius 2 is 2.10 bits per heavy atom. The fraction of sp³-hybridized carbons (Fsp3) is 0. The largest absolute Gasteiger partial charge is 0.371 e. The highest BCUT2D eigenvalue weighted by Gasteiger charge is 1.99. The molecule has 1 aromatic carbocycles. The van der Waals surface area contributed by atoms with Crippen LogP contribution in [-0.4, -0.2) is 0 Å². The van der Waals surface area contributed by atoms with Crippen molar-refractivity contribution in [2.45, 2.75) is 0 Å². The first kappa shape index (κ1) is 5.54. The maximum Gasteiger partial charge on any atom is 0.115 e. The first-order chi connectivity index (χ1) is 4.97. The van der Waals surface area contributed by atoms with Crippen molar-refractivity contribution in [3.05, 3.63) is 42.4 Å². The Morgan fingerprint density at radius 3 is 3.00 bits per heavy atom. The van der Waals surface area contributed by atoms with E-state index in [9.17, 15) is 0 Å². The first-order valence-electron chi connectivity index (χ1n) is 3.24. The third-order valence-electron chi connectivity index (χ3n) is 1.51. The molecule has 0 unspecified atom stereocenters. The van der Waals surface area contributed by atoms with Crippen molar-refractivity contribution in [2.75, 3.05) is 5.32 Å². The molecule has 0 spiro atoms. The van der Waals surface area contributed by atoms with Crippen molar-refractivity contribution in [3.63, 3.8) is 0 Å². The van der Waals surface area contributed by atoms with Gasteiger partial charge >= 0.3 is 0 Å². The van der Waals surface area contributed by atoms with Gasteiger partial charge in [0.05, 0.1) is 0 Å². The van der Waals surface area contributed by atoms with Crippen LogP contribution in [0.3, 0.4) is 0 Å².